The van der Waals surface area contributed by atoms with Crippen molar-refractivity contribution in [3.05, 3.63) is 51.5 Å². The van der Waals surface area contributed by atoms with Gasteiger partial charge in [0.05, 0.1) is 10.4 Å². The van der Waals surface area contributed by atoms with E-state index in [-0.39, 0.29) is 17.6 Å². The van der Waals surface area contributed by atoms with Gasteiger partial charge in [-0.3, -0.25) is 14.6 Å². The van der Waals surface area contributed by atoms with E-state index in [4.69, 9.17) is 0 Å². The molecular weight excluding hydrogens is 322 g/mol. The largest absolute Gasteiger partial charge is 0.307 e. The summed E-state index contributed by atoms with van der Waals surface area (Å²) in [5.74, 6) is 0.142. The Morgan fingerprint density at radius 1 is 1.38 bits per heavy atom. The molecule has 0 aliphatic carbocycles. The Balaban J connectivity index is 2.10. The zero-order chi connectivity index (χ0) is 17.5. The van der Waals surface area contributed by atoms with Crippen LogP contribution in [0.3, 0.4) is 0 Å². The summed E-state index contributed by atoms with van der Waals surface area (Å²) < 4.78 is 0. The summed E-state index contributed by atoms with van der Waals surface area (Å²) >= 11 is 1.38. The molecule has 1 atom stereocenters. The first-order chi connectivity index (χ1) is 11.3. The van der Waals surface area contributed by atoms with Crippen LogP contribution < -0.4 is 5.32 Å². The molecule has 1 aliphatic heterocycles. The molecule has 5 nitrogen and oxygen atoms in total. The van der Waals surface area contributed by atoms with Gasteiger partial charge in [0.2, 0.25) is 5.78 Å². The summed E-state index contributed by atoms with van der Waals surface area (Å²) in [5, 5.41) is 4.66. The Hall–Kier alpha value is -2.34. The van der Waals surface area contributed by atoms with Crippen molar-refractivity contribution in [1.29, 1.82) is 0 Å². The van der Waals surface area contributed by atoms with Gasteiger partial charge in [0.25, 0.3) is 5.91 Å². The van der Waals surface area contributed by atoms with Crippen LogP contribution in [0.25, 0.3) is 0 Å². The average molecular weight is 341 g/mol. The fourth-order valence-electron chi connectivity index (χ4n) is 2.52. The first-order valence-electron chi connectivity index (χ1n) is 7.79. The fraction of sp³-hybridized carbons (Fsp3) is 0.333. The topological polar surface area (TPSA) is 71.4 Å². The normalized spacial score (nSPS) is 20.2. The van der Waals surface area contributed by atoms with E-state index in [0.717, 1.165) is 5.56 Å². The van der Waals surface area contributed by atoms with Crippen LogP contribution in [0.1, 0.15) is 47.3 Å². The van der Waals surface area contributed by atoms with E-state index in [2.05, 4.69) is 15.3 Å². The van der Waals surface area contributed by atoms with E-state index in [1.165, 1.54) is 11.3 Å². The molecule has 0 bridgehead atoms. The fourth-order valence-corrected chi connectivity index (χ4v) is 3.20. The van der Waals surface area contributed by atoms with E-state index in [0.29, 0.717) is 22.0 Å². The molecule has 6 heteroatoms. The van der Waals surface area contributed by atoms with E-state index >= 15 is 0 Å². The second-order valence-electron chi connectivity index (χ2n) is 6.43. The highest BCUT2D eigenvalue weighted by Crippen LogP contribution is 2.28. The van der Waals surface area contributed by atoms with Crippen LogP contribution in [0, 0.1) is 12.8 Å². The van der Waals surface area contributed by atoms with Gasteiger partial charge in [-0.05, 0) is 42.8 Å². The van der Waals surface area contributed by atoms with E-state index < -0.39 is 5.54 Å². The van der Waals surface area contributed by atoms with Gasteiger partial charge in [-0.15, -0.1) is 11.3 Å². The summed E-state index contributed by atoms with van der Waals surface area (Å²) in [6.07, 6.45) is 1.68. The number of aryl methyl sites for hydroxylation is 1. The molecule has 2 aromatic heterocycles. The number of hydrogen-bond acceptors (Lipinski definition) is 5. The highest BCUT2D eigenvalue weighted by molar-refractivity contribution is 7.12. The Labute approximate surface area is 144 Å². The Morgan fingerprint density at radius 2 is 2.12 bits per heavy atom. The Bertz CT molecular complexity index is 840. The summed E-state index contributed by atoms with van der Waals surface area (Å²) in [7, 11) is 0. The van der Waals surface area contributed by atoms with Crippen molar-refractivity contribution in [3.63, 3.8) is 0 Å². The SMILES string of the molecule is Cc1cnc(C2=NC(C)(C(C)C)C(=O)N2)c(C(=O)c2cccs2)c1. The van der Waals surface area contributed by atoms with Crippen molar-refractivity contribution in [1.82, 2.24) is 10.3 Å². The van der Waals surface area contributed by atoms with Gasteiger partial charge in [-0.25, -0.2) is 4.99 Å². The molecule has 0 spiro atoms. The lowest BCUT2D eigenvalue weighted by Crippen LogP contribution is -2.41. The molecule has 1 aliphatic rings. The first kappa shape index (κ1) is 16.5. The third-order valence-electron chi connectivity index (χ3n) is 4.40. The number of aliphatic imine (C=N–C) groups is 1. The van der Waals surface area contributed by atoms with Crippen molar-refractivity contribution in [2.24, 2.45) is 10.9 Å². The van der Waals surface area contributed by atoms with Crippen LogP contribution >= 0.6 is 11.3 Å². The molecule has 1 N–H and O–H groups in total. The van der Waals surface area contributed by atoms with Crippen LogP contribution in [-0.4, -0.2) is 28.0 Å². The minimum absolute atomic E-state index is 0.0388. The van der Waals surface area contributed by atoms with Crippen molar-refractivity contribution in [3.8, 4) is 0 Å². The molecule has 0 aromatic carbocycles. The number of rotatable bonds is 4. The minimum Gasteiger partial charge on any atom is -0.307 e. The van der Waals surface area contributed by atoms with Gasteiger partial charge < -0.3 is 5.32 Å². The molecule has 0 fully saturated rings. The number of amidine groups is 1. The molecular formula is C18H19N3O2S. The van der Waals surface area contributed by atoms with Gasteiger partial charge in [-0.2, -0.15) is 0 Å². The lowest BCUT2D eigenvalue weighted by atomic mass is 9.89. The van der Waals surface area contributed by atoms with Crippen LogP contribution in [0.4, 0.5) is 0 Å². The van der Waals surface area contributed by atoms with Crippen molar-refractivity contribution in [2.75, 3.05) is 0 Å². The number of carbonyl (C=O) groups is 2. The summed E-state index contributed by atoms with van der Waals surface area (Å²) in [6.45, 7) is 7.59. The number of nitrogens with zero attached hydrogens (tertiary/aromatic N) is 2. The van der Waals surface area contributed by atoms with Crippen molar-refractivity contribution in [2.45, 2.75) is 33.2 Å². The predicted octanol–water partition coefficient (Wildman–Crippen LogP) is 2.97. The summed E-state index contributed by atoms with van der Waals surface area (Å²) in [4.78, 5) is 34.8. The van der Waals surface area contributed by atoms with Crippen LogP contribution in [-0.2, 0) is 4.79 Å². The van der Waals surface area contributed by atoms with Crippen molar-refractivity contribution >= 4 is 28.9 Å². The number of aromatic nitrogens is 1. The van der Waals surface area contributed by atoms with E-state index in [1.54, 1.807) is 25.3 Å². The number of ketones is 1. The maximum absolute atomic E-state index is 12.8. The van der Waals surface area contributed by atoms with Gasteiger partial charge >= 0.3 is 0 Å². The second-order valence-corrected chi connectivity index (χ2v) is 7.38. The zero-order valence-electron chi connectivity index (χ0n) is 14.1. The molecule has 1 amide bonds. The van der Waals surface area contributed by atoms with E-state index in [1.807, 2.05) is 32.2 Å². The lowest BCUT2D eigenvalue weighted by Gasteiger charge is -2.21. The van der Waals surface area contributed by atoms with Gasteiger partial charge in [0, 0.05) is 6.20 Å². The predicted molar refractivity (Wildman–Crippen MR) is 94.6 cm³/mol. The summed E-state index contributed by atoms with van der Waals surface area (Å²) in [5.41, 5.74) is 0.932. The quantitative estimate of drug-likeness (QED) is 0.869. The zero-order valence-corrected chi connectivity index (χ0v) is 14.9. The average Bonchev–Trinajstić information content (AvgIpc) is 3.16. The lowest BCUT2D eigenvalue weighted by molar-refractivity contribution is -0.124. The first-order valence-corrected chi connectivity index (χ1v) is 8.67. The molecule has 124 valence electrons. The molecule has 3 heterocycles. The molecule has 0 saturated heterocycles. The second kappa shape index (κ2) is 5.94. The highest BCUT2D eigenvalue weighted by atomic mass is 32.1. The van der Waals surface area contributed by atoms with Gasteiger partial charge in [0.15, 0.2) is 5.84 Å². The monoisotopic (exact) mass is 341 g/mol. The van der Waals surface area contributed by atoms with Crippen LogP contribution in [0.2, 0.25) is 0 Å². The van der Waals surface area contributed by atoms with Gasteiger partial charge in [0.1, 0.15) is 11.2 Å². The standard InChI is InChI=1S/C18H19N3O2S/c1-10(2)18(4)17(23)20-16(21-18)14-12(8-11(3)9-19-14)15(22)13-6-5-7-24-13/h5-10H,1-4H3,(H,20,21,23). The number of hydrogen-bond donors (Lipinski definition) is 1. The van der Waals surface area contributed by atoms with Crippen LogP contribution in [0.5, 0.6) is 0 Å². The smallest absolute Gasteiger partial charge is 0.253 e. The minimum atomic E-state index is -0.842. The molecule has 2 aromatic rings. The highest BCUT2D eigenvalue weighted by Gasteiger charge is 2.43. The Morgan fingerprint density at radius 3 is 2.71 bits per heavy atom. The summed E-state index contributed by atoms with van der Waals surface area (Å²) in [6, 6.07) is 5.42. The van der Waals surface area contributed by atoms with Crippen molar-refractivity contribution < 1.29 is 9.59 Å². The van der Waals surface area contributed by atoms with Crippen LogP contribution in [0.15, 0.2) is 34.8 Å². The number of thiophene rings is 1. The molecule has 1 unspecified atom stereocenters. The maximum Gasteiger partial charge on any atom is 0.253 e. The van der Waals surface area contributed by atoms with Gasteiger partial charge in [-0.1, -0.05) is 19.9 Å². The molecule has 0 saturated carbocycles. The molecule has 3 rings (SSSR count). The van der Waals surface area contributed by atoms with E-state index in [9.17, 15) is 9.59 Å². The molecule has 0 radical (unpaired) electrons. The maximum atomic E-state index is 12.8. The number of nitrogens with one attached hydrogen (secondary N) is 1. The third-order valence-corrected chi connectivity index (χ3v) is 5.27. The number of carbonyl (C=O) groups excluding carboxylic acids is 2. The Kier molecular flexibility index (Phi) is 4.09. The number of pyridine rings is 1. The number of amides is 1. The third kappa shape index (κ3) is 2.67. The molecule has 24 heavy (non-hydrogen) atoms.